The smallest absolute Gasteiger partial charge is 0.228 e. The van der Waals surface area contributed by atoms with Crippen molar-refractivity contribution in [3.05, 3.63) is 28.2 Å². The lowest BCUT2D eigenvalue weighted by Gasteiger charge is -2.33. The molecule has 2 aliphatic heterocycles. The predicted octanol–water partition coefficient (Wildman–Crippen LogP) is 2.24. The van der Waals surface area contributed by atoms with Gasteiger partial charge in [0, 0.05) is 49.2 Å². The molecule has 1 N–H and O–H groups in total. The van der Waals surface area contributed by atoms with Crippen molar-refractivity contribution in [1.29, 1.82) is 0 Å². The zero-order valence-electron chi connectivity index (χ0n) is 15.1. The van der Waals surface area contributed by atoms with Gasteiger partial charge in [-0.3, -0.25) is 14.4 Å². The van der Waals surface area contributed by atoms with E-state index in [1.54, 1.807) is 4.90 Å². The van der Waals surface area contributed by atoms with Crippen molar-refractivity contribution in [3.8, 4) is 0 Å². The van der Waals surface area contributed by atoms with Gasteiger partial charge in [0.05, 0.1) is 5.92 Å². The van der Waals surface area contributed by atoms with Gasteiger partial charge in [0.25, 0.3) is 0 Å². The van der Waals surface area contributed by atoms with Gasteiger partial charge in [-0.25, -0.2) is 0 Å². The average Bonchev–Trinajstić information content (AvgIpc) is 2.99. The molecule has 1 aromatic rings. The molecule has 0 spiro atoms. The van der Waals surface area contributed by atoms with E-state index < -0.39 is 0 Å². The highest BCUT2D eigenvalue weighted by Gasteiger charge is 2.38. The molecule has 3 rings (SSSR count). The van der Waals surface area contributed by atoms with Gasteiger partial charge in [-0.1, -0.05) is 15.9 Å². The summed E-state index contributed by atoms with van der Waals surface area (Å²) in [5.41, 5.74) is 1.90. The fourth-order valence-electron chi connectivity index (χ4n) is 3.71. The normalized spacial score (nSPS) is 21.2. The van der Waals surface area contributed by atoms with Gasteiger partial charge in [0.15, 0.2) is 0 Å². The summed E-state index contributed by atoms with van der Waals surface area (Å²) in [6, 6.07) is 5.94. The van der Waals surface area contributed by atoms with Crippen LogP contribution in [0.1, 0.15) is 31.7 Å². The number of carbonyl (C=O) groups excluding carboxylic acids is 3. The van der Waals surface area contributed by atoms with Crippen LogP contribution in [0.2, 0.25) is 0 Å². The number of aryl methyl sites for hydroxylation is 1. The predicted molar refractivity (Wildman–Crippen MR) is 103 cm³/mol. The first kappa shape index (κ1) is 18.9. The molecule has 1 atom stereocenters. The molecule has 1 aromatic carbocycles. The number of rotatable bonds is 3. The van der Waals surface area contributed by atoms with E-state index in [2.05, 4.69) is 21.2 Å². The Hall–Kier alpha value is -1.89. The maximum absolute atomic E-state index is 12.8. The monoisotopic (exact) mass is 421 g/mol. The molecule has 2 saturated heterocycles. The fourth-order valence-corrected chi connectivity index (χ4v) is 3.96. The van der Waals surface area contributed by atoms with Gasteiger partial charge in [-0.2, -0.15) is 0 Å². The third-order valence-corrected chi connectivity index (χ3v) is 6.03. The highest BCUT2D eigenvalue weighted by atomic mass is 79.9. The summed E-state index contributed by atoms with van der Waals surface area (Å²) in [5.74, 6) is -0.269. The maximum Gasteiger partial charge on any atom is 0.228 e. The maximum atomic E-state index is 12.8. The van der Waals surface area contributed by atoms with Crippen LogP contribution in [0, 0.1) is 12.8 Å². The lowest BCUT2D eigenvalue weighted by Crippen LogP contribution is -2.48. The minimum absolute atomic E-state index is 0.00166. The number of benzene rings is 1. The molecule has 0 aromatic heterocycles. The van der Waals surface area contributed by atoms with Gasteiger partial charge in [0.2, 0.25) is 17.7 Å². The highest BCUT2D eigenvalue weighted by molar-refractivity contribution is 9.10. The van der Waals surface area contributed by atoms with Crippen molar-refractivity contribution in [1.82, 2.24) is 10.2 Å². The quantitative estimate of drug-likeness (QED) is 0.813. The number of hydrogen-bond acceptors (Lipinski definition) is 3. The fraction of sp³-hybridized carbons (Fsp3) is 0.526. The number of hydrogen-bond donors (Lipinski definition) is 1. The van der Waals surface area contributed by atoms with Crippen LogP contribution in [0.3, 0.4) is 0 Å². The van der Waals surface area contributed by atoms with Crippen LogP contribution < -0.4 is 10.2 Å². The van der Waals surface area contributed by atoms with Crippen molar-refractivity contribution in [2.24, 2.45) is 5.92 Å². The number of carbonyl (C=O) groups is 3. The second-order valence-electron chi connectivity index (χ2n) is 7.14. The van der Waals surface area contributed by atoms with Gasteiger partial charge in [0.1, 0.15) is 0 Å². The lowest BCUT2D eigenvalue weighted by molar-refractivity contribution is -0.137. The molecule has 140 valence electrons. The summed E-state index contributed by atoms with van der Waals surface area (Å²) in [4.78, 5) is 40.0. The van der Waals surface area contributed by atoms with Crippen LogP contribution in [0.4, 0.5) is 5.69 Å². The van der Waals surface area contributed by atoms with E-state index in [0.717, 1.165) is 28.6 Å². The molecular formula is C19H24BrN3O3. The summed E-state index contributed by atoms with van der Waals surface area (Å²) in [6.07, 6.45) is 1.79. The Balaban J connectivity index is 1.61. The molecule has 2 heterocycles. The number of halogens is 1. The van der Waals surface area contributed by atoms with Crippen LogP contribution in [-0.2, 0) is 14.4 Å². The Labute approximate surface area is 162 Å². The number of anilines is 1. The van der Waals surface area contributed by atoms with Crippen molar-refractivity contribution in [3.63, 3.8) is 0 Å². The number of amides is 3. The molecule has 0 radical (unpaired) electrons. The van der Waals surface area contributed by atoms with Crippen LogP contribution in [0.5, 0.6) is 0 Å². The number of nitrogens with zero attached hydrogens (tertiary/aromatic N) is 2. The molecule has 2 aliphatic rings. The molecule has 0 saturated carbocycles. The van der Waals surface area contributed by atoms with Crippen LogP contribution in [-0.4, -0.2) is 48.3 Å². The summed E-state index contributed by atoms with van der Waals surface area (Å²) in [5, 5.41) is 2.91. The Morgan fingerprint density at radius 2 is 1.92 bits per heavy atom. The van der Waals surface area contributed by atoms with Crippen molar-refractivity contribution >= 4 is 39.3 Å². The second kappa shape index (κ2) is 7.78. The molecule has 0 bridgehead atoms. The van der Waals surface area contributed by atoms with Gasteiger partial charge >= 0.3 is 0 Å². The first-order valence-corrected chi connectivity index (χ1v) is 9.77. The SMILES string of the molecule is CC(=O)NC1CCN(C(=O)C2CC(=O)N(c3ccc(Br)c(C)c3)C2)CC1. The van der Waals surface area contributed by atoms with Gasteiger partial charge in [-0.05, 0) is 43.5 Å². The summed E-state index contributed by atoms with van der Waals surface area (Å²) >= 11 is 3.47. The number of nitrogens with one attached hydrogen (secondary N) is 1. The van der Waals surface area contributed by atoms with E-state index in [-0.39, 0.29) is 36.1 Å². The summed E-state index contributed by atoms with van der Waals surface area (Å²) < 4.78 is 1.00. The lowest BCUT2D eigenvalue weighted by atomic mass is 10.0. The van der Waals surface area contributed by atoms with E-state index in [9.17, 15) is 14.4 Å². The zero-order valence-corrected chi connectivity index (χ0v) is 16.7. The Morgan fingerprint density at radius 1 is 1.23 bits per heavy atom. The van der Waals surface area contributed by atoms with Gasteiger partial charge in [-0.15, -0.1) is 0 Å². The van der Waals surface area contributed by atoms with Gasteiger partial charge < -0.3 is 15.1 Å². The second-order valence-corrected chi connectivity index (χ2v) is 7.99. The zero-order chi connectivity index (χ0) is 18.8. The number of piperidine rings is 1. The first-order valence-electron chi connectivity index (χ1n) is 8.97. The average molecular weight is 422 g/mol. The molecule has 26 heavy (non-hydrogen) atoms. The molecular weight excluding hydrogens is 398 g/mol. The van der Waals surface area contributed by atoms with Crippen LogP contribution in [0.15, 0.2) is 22.7 Å². The molecule has 7 heteroatoms. The summed E-state index contributed by atoms with van der Waals surface area (Å²) in [6.45, 7) is 5.19. The van der Waals surface area contributed by atoms with E-state index in [4.69, 9.17) is 0 Å². The minimum Gasteiger partial charge on any atom is -0.353 e. The Kier molecular flexibility index (Phi) is 5.65. The topological polar surface area (TPSA) is 69.7 Å². The van der Waals surface area contributed by atoms with Crippen molar-refractivity contribution in [2.75, 3.05) is 24.5 Å². The standard InChI is InChI=1S/C19H24BrN3O3/c1-12-9-16(3-4-17(12)20)23-11-14(10-18(23)25)19(26)22-7-5-15(6-8-22)21-13(2)24/h3-4,9,14-15H,5-8,10-11H2,1-2H3,(H,21,24). The molecule has 0 aliphatic carbocycles. The summed E-state index contributed by atoms with van der Waals surface area (Å²) in [7, 11) is 0. The largest absolute Gasteiger partial charge is 0.353 e. The van der Waals surface area contributed by atoms with E-state index in [1.165, 1.54) is 6.92 Å². The molecule has 6 nitrogen and oxygen atoms in total. The van der Waals surface area contributed by atoms with E-state index in [0.29, 0.717) is 19.6 Å². The Morgan fingerprint density at radius 3 is 2.54 bits per heavy atom. The van der Waals surface area contributed by atoms with E-state index in [1.807, 2.05) is 30.0 Å². The van der Waals surface area contributed by atoms with Crippen molar-refractivity contribution < 1.29 is 14.4 Å². The molecule has 1 unspecified atom stereocenters. The highest BCUT2D eigenvalue weighted by Crippen LogP contribution is 2.29. The van der Waals surface area contributed by atoms with Crippen molar-refractivity contribution in [2.45, 2.75) is 39.2 Å². The molecule has 2 fully saturated rings. The Bertz CT molecular complexity index is 729. The van der Waals surface area contributed by atoms with Crippen LogP contribution >= 0.6 is 15.9 Å². The van der Waals surface area contributed by atoms with Crippen LogP contribution in [0.25, 0.3) is 0 Å². The number of likely N-dealkylation sites (tertiary alicyclic amines) is 1. The third kappa shape index (κ3) is 4.09. The first-order chi connectivity index (χ1) is 12.3. The molecule has 3 amide bonds. The third-order valence-electron chi connectivity index (χ3n) is 5.14. The minimum atomic E-state index is -0.288. The van der Waals surface area contributed by atoms with E-state index >= 15 is 0 Å².